The summed E-state index contributed by atoms with van der Waals surface area (Å²) in [5.41, 5.74) is 11.6. The van der Waals surface area contributed by atoms with Crippen molar-refractivity contribution in [2.24, 2.45) is 0 Å². The largest absolute Gasteiger partial charge is 0.309 e. The first-order valence-electron chi connectivity index (χ1n) is 16.1. The van der Waals surface area contributed by atoms with Crippen molar-refractivity contribution in [3.63, 3.8) is 0 Å². The monoisotopic (exact) mass is 632 g/mol. The van der Waals surface area contributed by atoms with Crippen LogP contribution in [0.2, 0.25) is 0 Å². The van der Waals surface area contributed by atoms with E-state index in [1.807, 2.05) is 23.5 Å². The van der Waals surface area contributed by atoms with Gasteiger partial charge in [-0.2, -0.15) is 0 Å². The molecule has 0 saturated carbocycles. The highest BCUT2D eigenvalue weighted by molar-refractivity contribution is 8.01. The molecule has 47 heavy (non-hydrogen) atoms. The van der Waals surface area contributed by atoms with Gasteiger partial charge in [-0.05, 0) is 66.1 Å². The summed E-state index contributed by atoms with van der Waals surface area (Å²) < 4.78 is 4.93. The quantitative estimate of drug-likeness (QED) is 0.176. The van der Waals surface area contributed by atoms with Crippen molar-refractivity contribution in [3.05, 3.63) is 152 Å². The lowest BCUT2D eigenvalue weighted by atomic mass is 9.36. The van der Waals surface area contributed by atoms with Crippen LogP contribution in [0.1, 0.15) is 0 Å². The number of benzene rings is 7. The van der Waals surface area contributed by atoms with E-state index in [1.165, 1.54) is 91.0 Å². The van der Waals surface area contributed by atoms with Gasteiger partial charge in [0, 0.05) is 52.5 Å². The molecule has 0 saturated heterocycles. The third-order valence-corrected chi connectivity index (χ3v) is 12.3. The van der Waals surface area contributed by atoms with Crippen LogP contribution in [-0.4, -0.2) is 15.8 Å². The van der Waals surface area contributed by atoms with Gasteiger partial charge in [-0.1, -0.05) is 125 Å². The van der Waals surface area contributed by atoms with Crippen molar-refractivity contribution in [2.75, 3.05) is 0 Å². The predicted octanol–water partition coefficient (Wildman–Crippen LogP) is 9.33. The van der Waals surface area contributed by atoms with Crippen LogP contribution in [-0.2, 0) is 0 Å². The minimum Gasteiger partial charge on any atom is -0.309 e. The summed E-state index contributed by atoms with van der Waals surface area (Å²) in [6, 6.07) is 56.2. The van der Waals surface area contributed by atoms with Gasteiger partial charge < -0.3 is 9.13 Å². The maximum Gasteiger partial charge on any atom is 0.247 e. The third-order valence-electron chi connectivity index (χ3n) is 10.0. The fourth-order valence-electron chi connectivity index (χ4n) is 8.07. The van der Waals surface area contributed by atoms with Gasteiger partial charge in [0.1, 0.15) is 0 Å². The summed E-state index contributed by atoms with van der Waals surface area (Å²) in [6.07, 6.45) is 0. The SMILES string of the molecule is c1ccc(-n2c3ccccc3c3cc4c5ccccc5n(-c5cc6c7c(c5)Sc5ccccc5B7c5ccccc5S6)c4cc32)cc1. The molecule has 2 nitrogen and oxygen atoms in total. The average Bonchev–Trinajstić information content (AvgIpc) is 3.62. The molecule has 5 heteroatoms. The lowest BCUT2D eigenvalue weighted by Gasteiger charge is -2.33. The van der Waals surface area contributed by atoms with E-state index < -0.39 is 0 Å². The molecular formula is C42H25BN2S2. The van der Waals surface area contributed by atoms with E-state index in [0.717, 1.165) is 0 Å². The lowest BCUT2D eigenvalue weighted by Crippen LogP contribution is -2.58. The Kier molecular flexibility index (Phi) is 5.38. The van der Waals surface area contributed by atoms with Gasteiger partial charge in [0.05, 0.1) is 22.1 Å². The second-order valence-electron chi connectivity index (χ2n) is 12.5. The van der Waals surface area contributed by atoms with Gasteiger partial charge in [0.15, 0.2) is 0 Å². The summed E-state index contributed by atoms with van der Waals surface area (Å²) in [5, 5.41) is 5.12. The zero-order valence-corrected chi connectivity index (χ0v) is 26.9. The van der Waals surface area contributed by atoms with Crippen LogP contribution in [0.3, 0.4) is 0 Å². The second-order valence-corrected chi connectivity index (χ2v) is 14.7. The highest BCUT2D eigenvalue weighted by Gasteiger charge is 2.38. The minimum atomic E-state index is 0.253. The van der Waals surface area contributed by atoms with Gasteiger partial charge in [-0.25, -0.2) is 0 Å². The zero-order valence-electron chi connectivity index (χ0n) is 25.2. The Morgan fingerprint density at radius 1 is 0.362 bits per heavy atom. The van der Waals surface area contributed by atoms with Gasteiger partial charge in [0.25, 0.3) is 0 Å². The zero-order chi connectivity index (χ0) is 30.6. The predicted molar refractivity (Wildman–Crippen MR) is 201 cm³/mol. The standard InChI is InChI=1S/C42H25BN2S2/c1-2-12-26(13-3-1)44-34-18-8-4-14-28(34)30-24-31-29-15-5-9-19-35(29)45(37(31)25-36(30)44)27-22-40-42-41(23-27)47-39-21-11-7-17-33(39)43(42)32-16-6-10-20-38(32)46-40/h1-25H. The molecule has 218 valence electrons. The maximum atomic E-state index is 2.50. The maximum absolute atomic E-state index is 2.50. The molecule has 4 heterocycles. The van der Waals surface area contributed by atoms with Crippen LogP contribution >= 0.6 is 23.5 Å². The molecule has 0 N–H and O–H groups in total. The molecule has 0 aliphatic carbocycles. The molecule has 2 aliphatic rings. The molecule has 0 amide bonds. The van der Waals surface area contributed by atoms with Crippen LogP contribution < -0.4 is 16.4 Å². The smallest absolute Gasteiger partial charge is 0.247 e. The molecule has 2 aromatic heterocycles. The van der Waals surface area contributed by atoms with E-state index in [4.69, 9.17) is 0 Å². The van der Waals surface area contributed by atoms with Crippen molar-refractivity contribution >= 4 is 90.2 Å². The Morgan fingerprint density at radius 3 is 1.45 bits per heavy atom. The summed E-state index contributed by atoms with van der Waals surface area (Å²) in [4.78, 5) is 5.42. The molecule has 11 rings (SSSR count). The van der Waals surface area contributed by atoms with E-state index in [0.29, 0.717) is 0 Å². The molecule has 0 spiro atoms. The normalized spacial score (nSPS) is 13.3. The van der Waals surface area contributed by atoms with E-state index >= 15 is 0 Å². The molecule has 9 aromatic rings. The Morgan fingerprint density at radius 2 is 0.851 bits per heavy atom. The first kappa shape index (κ1) is 26.0. The molecule has 0 unspecified atom stereocenters. The number of para-hydroxylation sites is 3. The highest BCUT2D eigenvalue weighted by atomic mass is 32.2. The van der Waals surface area contributed by atoms with Crippen molar-refractivity contribution in [1.82, 2.24) is 9.13 Å². The van der Waals surface area contributed by atoms with E-state index in [2.05, 4.69) is 161 Å². The molecule has 0 bridgehead atoms. The van der Waals surface area contributed by atoms with Crippen LogP contribution in [0.4, 0.5) is 0 Å². The average molecular weight is 633 g/mol. The highest BCUT2D eigenvalue weighted by Crippen LogP contribution is 2.43. The van der Waals surface area contributed by atoms with Crippen LogP contribution in [0.25, 0.3) is 55.0 Å². The molecule has 0 fully saturated rings. The summed E-state index contributed by atoms with van der Waals surface area (Å²) >= 11 is 3.84. The number of aromatic nitrogens is 2. The van der Waals surface area contributed by atoms with Gasteiger partial charge in [-0.15, -0.1) is 0 Å². The second kappa shape index (κ2) is 9.71. The van der Waals surface area contributed by atoms with Gasteiger partial charge >= 0.3 is 0 Å². The van der Waals surface area contributed by atoms with Crippen LogP contribution in [0.15, 0.2) is 171 Å². The molecule has 0 radical (unpaired) electrons. The van der Waals surface area contributed by atoms with Crippen molar-refractivity contribution < 1.29 is 0 Å². The molecule has 2 aliphatic heterocycles. The van der Waals surface area contributed by atoms with E-state index in [1.54, 1.807) is 0 Å². The fraction of sp³-hybridized carbons (Fsp3) is 0. The number of hydrogen-bond acceptors (Lipinski definition) is 2. The first-order chi connectivity index (χ1) is 23.3. The van der Waals surface area contributed by atoms with Gasteiger partial charge in [0.2, 0.25) is 6.71 Å². The number of nitrogens with zero attached hydrogens (tertiary/aromatic N) is 2. The van der Waals surface area contributed by atoms with Crippen molar-refractivity contribution in [3.8, 4) is 11.4 Å². The Bertz CT molecular complexity index is 2690. The summed E-state index contributed by atoms with van der Waals surface area (Å²) in [7, 11) is 0. The third kappa shape index (κ3) is 3.61. The van der Waals surface area contributed by atoms with Crippen LogP contribution in [0, 0.1) is 0 Å². The molecule has 0 atom stereocenters. The number of fused-ring (bicyclic) bond motifs is 10. The van der Waals surface area contributed by atoms with Gasteiger partial charge in [-0.3, -0.25) is 0 Å². The number of hydrogen-bond donors (Lipinski definition) is 0. The van der Waals surface area contributed by atoms with E-state index in [9.17, 15) is 0 Å². The summed E-state index contributed by atoms with van der Waals surface area (Å²) in [6.45, 7) is 0.253. The summed E-state index contributed by atoms with van der Waals surface area (Å²) in [5.74, 6) is 0. The molecule has 7 aromatic carbocycles. The topological polar surface area (TPSA) is 9.86 Å². The van der Waals surface area contributed by atoms with Crippen LogP contribution in [0.5, 0.6) is 0 Å². The first-order valence-corrected chi connectivity index (χ1v) is 17.7. The fourth-order valence-corrected chi connectivity index (χ4v) is 10.5. The Balaban J connectivity index is 1.23. The van der Waals surface area contributed by atoms with Crippen molar-refractivity contribution in [1.29, 1.82) is 0 Å². The number of rotatable bonds is 2. The Labute approximate surface area is 280 Å². The Hall–Kier alpha value is -5.10. The van der Waals surface area contributed by atoms with E-state index in [-0.39, 0.29) is 6.71 Å². The lowest BCUT2D eigenvalue weighted by molar-refractivity contribution is 1.14. The minimum absolute atomic E-state index is 0.253. The van der Waals surface area contributed by atoms with Crippen molar-refractivity contribution in [2.45, 2.75) is 19.6 Å². The molecular weight excluding hydrogens is 607 g/mol.